The van der Waals surface area contributed by atoms with E-state index in [0.717, 1.165) is 11.1 Å². The van der Waals surface area contributed by atoms with Gasteiger partial charge in [0.2, 0.25) is 5.88 Å². The smallest absolute Gasteiger partial charge is 0.232 e. The summed E-state index contributed by atoms with van der Waals surface area (Å²) >= 11 is 0. The van der Waals surface area contributed by atoms with Crippen molar-refractivity contribution in [2.24, 2.45) is 0 Å². The quantitative estimate of drug-likeness (QED) is 0.753. The molecule has 1 N–H and O–H groups in total. The fourth-order valence-corrected chi connectivity index (χ4v) is 1.83. The van der Waals surface area contributed by atoms with Crippen molar-refractivity contribution in [1.82, 2.24) is 5.16 Å². The largest absolute Gasteiger partial charge is 0.357 e. The summed E-state index contributed by atoms with van der Waals surface area (Å²) in [5.41, 5.74) is 3.27. The molecule has 0 saturated heterocycles. The average Bonchev–Trinajstić information content (AvgIpc) is 3.06. The number of hydrogen-bond acceptors (Lipinski definition) is 3. The van der Waals surface area contributed by atoms with E-state index in [-0.39, 0.29) is 0 Å². The number of aromatic nitrogens is 1. The number of benzene rings is 2. The first-order chi connectivity index (χ1) is 10.3. The first-order valence-corrected chi connectivity index (χ1v) is 6.70. The molecule has 3 aromatic rings. The molecular weight excluding hydrogens is 260 g/mol. The molecule has 0 bridgehead atoms. The minimum absolute atomic E-state index is 0.700. The van der Waals surface area contributed by atoms with Gasteiger partial charge < -0.3 is 9.84 Å². The van der Waals surface area contributed by atoms with Crippen LogP contribution in [0.5, 0.6) is 0 Å². The molecule has 1 aromatic heterocycles. The highest BCUT2D eigenvalue weighted by atomic mass is 16.5. The number of anilines is 1. The van der Waals surface area contributed by atoms with Crippen LogP contribution >= 0.6 is 0 Å². The Bertz CT molecular complexity index is 660. The van der Waals surface area contributed by atoms with Gasteiger partial charge in [-0.25, -0.2) is 0 Å². The zero-order valence-electron chi connectivity index (χ0n) is 12.0. The average molecular weight is 278 g/mol. The lowest BCUT2D eigenvalue weighted by molar-refractivity contribution is 0.434. The molecule has 0 aliphatic heterocycles. The van der Waals surface area contributed by atoms with E-state index in [1.807, 2.05) is 73.8 Å². The lowest BCUT2D eigenvalue weighted by atomic mass is 10.1. The molecule has 3 rings (SSSR count). The Balaban J connectivity index is 0.000000173. The second-order valence-corrected chi connectivity index (χ2v) is 4.30. The summed E-state index contributed by atoms with van der Waals surface area (Å²) in [6, 6.07) is 20.0. The highest BCUT2D eigenvalue weighted by Gasteiger charge is 2.06. The van der Waals surface area contributed by atoms with Crippen LogP contribution in [0.4, 0.5) is 5.88 Å². The van der Waals surface area contributed by atoms with E-state index in [1.54, 1.807) is 6.20 Å². The van der Waals surface area contributed by atoms with E-state index >= 15 is 0 Å². The van der Waals surface area contributed by atoms with Crippen molar-refractivity contribution in [2.75, 3.05) is 12.4 Å². The first-order valence-electron chi connectivity index (χ1n) is 6.70. The van der Waals surface area contributed by atoms with Crippen LogP contribution in [0, 0.1) is 0 Å². The third kappa shape index (κ3) is 4.08. The summed E-state index contributed by atoms with van der Waals surface area (Å²) in [5, 5.41) is 6.68. The number of hydrogen-bond donors (Lipinski definition) is 1. The summed E-state index contributed by atoms with van der Waals surface area (Å²) < 4.78 is 5.01. The van der Waals surface area contributed by atoms with E-state index in [2.05, 4.69) is 17.1 Å². The molecule has 0 amide bonds. The second-order valence-electron chi connectivity index (χ2n) is 4.30. The Morgan fingerprint density at radius 2 is 1.62 bits per heavy atom. The highest BCUT2D eigenvalue weighted by Crippen LogP contribution is 2.26. The van der Waals surface area contributed by atoms with Crippen LogP contribution < -0.4 is 5.32 Å². The fourth-order valence-electron chi connectivity index (χ4n) is 1.83. The zero-order valence-corrected chi connectivity index (χ0v) is 12.0. The second kappa shape index (κ2) is 7.70. The molecule has 3 heteroatoms. The van der Waals surface area contributed by atoms with Gasteiger partial charge in [-0.05, 0) is 11.1 Å². The van der Waals surface area contributed by atoms with Crippen LogP contribution in [0.2, 0.25) is 0 Å². The lowest BCUT2D eigenvalue weighted by Gasteiger charge is -1.98. The summed E-state index contributed by atoms with van der Waals surface area (Å²) in [5.74, 6) is 0.700. The third-order valence-corrected chi connectivity index (χ3v) is 2.92. The number of nitrogens with zero attached hydrogens (tertiary/aromatic N) is 1. The monoisotopic (exact) mass is 278 g/mol. The normalized spacial score (nSPS) is 9.38. The summed E-state index contributed by atoms with van der Waals surface area (Å²) in [7, 11) is 1.81. The minimum Gasteiger partial charge on any atom is -0.357 e. The fraction of sp³-hybridized carbons (Fsp3) is 0.0556. The van der Waals surface area contributed by atoms with Crippen molar-refractivity contribution in [3.8, 4) is 11.1 Å². The van der Waals surface area contributed by atoms with Crippen molar-refractivity contribution in [2.45, 2.75) is 0 Å². The Hall–Kier alpha value is -2.81. The molecule has 0 saturated carbocycles. The first kappa shape index (κ1) is 14.6. The van der Waals surface area contributed by atoms with Gasteiger partial charge in [-0.1, -0.05) is 78.5 Å². The van der Waals surface area contributed by atoms with Crippen LogP contribution in [0.15, 0.2) is 78.0 Å². The molecule has 1 heterocycles. The maximum atomic E-state index is 5.01. The van der Waals surface area contributed by atoms with Gasteiger partial charge in [0.15, 0.2) is 0 Å². The number of nitrogens with one attached hydrogen (secondary N) is 1. The Kier molecular flexibility index (Phi) is 5.35. The Morgan fingerprint density at radius 3 is 2.14 bits per heavy atom. The molecule has 106 valence electrons. The molecule has 0 aliphatic carbocycles. The maximum Gasteiger partial charge on any atom is 0.232 e. The van der Waals surface area contributed by atoms with E-state index < -0.39 is 0 Å². The zero-order chi connectivity index (χ0) is 14.9. The van der Waals surface area contributed by atoms with E-state index in [4.69, 9.17) is 4.52 Å². The van der Waals surface area contributed by atoms with Crippen LogP contribution in [0.3, 0.4) is 0 Å². The highest BCUT2D eigenvalue weighted by molar-refractivity contribution is 5.72. The molecule has 0 fully saturated rings. The minimum atomic E-state index is 0.700. The molecule has 3 nitrogen and oxygen atoms in total. The molecule has 2 aromatic carbocycles. The predicted molar refractivity (Wildman–Crippen MR) is 88.0 cm³/mol. The Morgan fingerprint density at radius 1 is 1.00 bits per heavy atom. The molecule has 0 unspecified atom stereocenters. The van der Waals surface area contributed by atoms with E-state index in [0.29, 0.717) is 5.88 Å². The van der Waals surface area contributed by atoms with Gasteiger partial charge in [-0.3, -0.25) is 0 Å². The van der Waals surface area contributed by atoms with Gasteiger partial charge in [-0.15, -0.1) is 0 Å². The maximum absolute atomic E-state index is 5.01. The van der Waals surface area contributed by atoms with Gasteiger partial charge in [0.05, 0.1) is 11.8 Å². The van der Waals surface area contributed by atoms with Gasteiger partial charge in [0.25, 0.3) is 0 Å². The van der Waals surface area contributed by atoms with Gasteiger partial charge in [0, 0.05) is 7.05 Å². The molecular formula is C18H18N2O. The molecule has 21 heavy (non-hydrogen) atoms. The van der Waals surface area contributed by atoms with Crippen molar-refractivity contribution in [3.05, 3.63) is 79.0 Å². The summed E-state index contributed by atoms with van der Waals surface area (Å²) in [6.07, 6.45) is 3.54. The lowest BCUT2D eigenvalue weighted by Crippen LogP contribution is -1.87. The van der Waals surface area contributed by atoms with Crippen LogP contribution in [0.25, 0.3) is 17.2 Å². The van der Waals surface area contributed by atoms with Crippen molar-refractivity contribution >= 4 is 12.0 Å². The Labute approximate surface area is 124 Å². The SMILES string of the molecule is C=Cc1ccccc1.CNc1oncc1-c1ccccc1. The van der Waals surface area contributed by atoms with Crippen molar-refractivity contribution < 1.29 is 4.52 Å². The summed E-state index contributed by atoms with van der Waals surface area (Å²) in [6.45, 7) is 3.63. The molecule has 0 radical (unpaired) electrons. The number of rotatable bonds is 3. The third-order valence-electron chi connectivity index (χ3n) is 2.92. The van der Waals surface area contributed by atoms with Gasteiger partial charge in [-0.2, -0.15) is 0 Å². The van der Waals surface area contributed by atoms with Crippen LogP contribution in [0.1, 0.15) is 5.56 Å². The topological polar surface area (TPSA) is 38.1 Å². The summed E-state index contributed by atoms with van der Waals surface area (Å²) in [4.78, 5) is 0. The predicted octanol–water partition coefficient (Wildman–Crippen LogP) is 4.71. The standard InChI is InChI=1S/C10H10N2O.C8H8/c1-11-10-9(7-12-13-10)8-5-3-2-4-6-8;1-2-8-6-4-3-5-7-8/h2-7,11H,1H3;2-7H,1H2. The van der Waals surface area contributed by atoms with Crippen LogP contribution in [-0.4, -0.2) is 12.2 Å². The van der Waals surface area contributed by atoms with Gasteiger partial charge in [0.1, 0.15) is 0 Å². The van der Waals surface area contributed by atoms with Crippen molar-refractivity contribution in [3.63, 3.8) is 0 Å². The van der Waals surface area contributed by atoms with E-state index in [1.165, 1.54) is 5.56 Å². The van der Waals surface area contributed by atoms with Gasteiger partial charge >= 0.3 is 0 Å². The van der Waals surface area contributed by atoms with E-state index in [9.17, 15) is 0 Å². The molecule has 0 atom stereocenters. The van der Waals surface area contributed by atoms with Crippen molar-refractivity contribution in [1.29, 1.82) is 0 Å². The molecule has 0 spiro atoms. The molecule has 0 aliphatic rings. The van der Waals surface area contributed by atoms with Crippen LogP contribution in [-0.2, 0) is 0 Å².